The maximum Gasteiger partial charge on any atom is 0.173 e. The van der Waals surface area contributed by atoms with E-state index >= 15 is 0 Å². The highest BCUT2D eigenvalue weighted by atomic mass is 19.1. The number of hydrogen-bond donors (Lipinski definition) is 0. The fourth-order valence-corrected chi connectivity index (χ4v) is 2.10. The van der Waals surface area contributed by atoms with Crippen molar-refractivity contribution in [2.24, 2.45) is 0 Å². The Morgan fingerprint density at radius 3 is 2.58 bits per heavy atom. The molecule has 0 bridgehead atoms. The monoisotopic (exact) mass is 255 g/mol. The molecule has 0 N–H and O–H groups in total. The molecule has 4 heteroatoms. The zero-order valence-electron chi connectivity index (χ0n) is 11.1. The summed E-state index contributed by atoms with van der Waals surface area (Å²) in [6.45, 7) is 5.88. The maximum absolute atomic E-state index is 14.0. The second kappa shape index (κ2) is 4.16. The average molecular weight is 255 g/mol. The van der Waals surface area contributed by atoms with Gasteiger partial charge in [-0.05, 0) is 44.0 Å². The summed E-state index contributed by atoms with van der Waals surface area (Å²) in [5, 5.41) is 0. The van der Waals surface area contributed by atoms with Gasteiger partial charge in [0.15, 0.2) is 11.5 Å². The average Bonchev–Trinajstić information content (AvgIpc) is 2.74. The Balaban J connectivity index is 2.21. The van der Waals surface area contributed by atoms with Crippen LogP contribution in [-0.2, 0) is 0 Å². The van der Waals surface area contributed by atoms with Crippen molar-refractivity contribution in [1.82, 2.24) is 14.4 Å². The highest BCUT2D eigenvalue weighted by Gasteiger charge is 2.09. The summed E-state index contributed by atoms with van der Waals surface area (Å²) < 4.78 is 15.7. The fraction of sp³-hybridized carbons (Fsp3) is 0.200. The molecule has 19 heavy (non-hydrogen) atoms. The molecule has 3 rings (SSSR count). The van der Waals surface area contributed by atoms with Crippen LogP contribution in [0.5, 0.6) is 0 Å². The first kappa shape index (κ1) is 11.8. The van der Waals surface area contributed by atoms with Crippen LogP contribution in [0.2, 0.25) is 0 Å². The number of imidazole rings is 1. The van der Waals surface area contributed by atoms with Crippen LogP contribution in [0, 0.1) is 26.6 Å². The van der Waals surface area contributed by atoms with Gasteiger partial charge < -0.3 is 4.40 Å². The number of pyridine rings is 2. The highest BCUT2D eigenvalue weighted by Crippen LogP contribution is 2.22. The third-order valence-electron chi connectivity index (χ3n) is 3.30. The number of halogens is 1. The van der Waals surface area contributed by atoms with Crippen molar-refractivity contribution in [3.05, 3.63) is 53.4 Å². The van der Waals surface area contributed by atoms with E-state index in [9.17, 15) is 4.39 Å². The Morgan fingerprint density at radius 2 is 1.84 bits per heavy atom. The standard InChI is InChI=1S/C15H14FN3/c1-9-4-14(17-6-10(9)2)12-5-13(16)15-18-11(3)7-19(15)8-12/h4-8H,1-3H3. The Bertz CT molecular complexity index is 774. The largest absolute Gasteiger partial charge is 0.304 e. The van der Waals surface area contributed by atoms with Gasteiger partial charge in [-0.15, -0.1) is 0 Å². The van der Waals surface area contributed by atoms with Gasteiger partial charge >= 0.3 is 0 Å². The van der Waals surface area contributed by atoms with Crippen LogP contribution in [0.1, 0.15) is 16.8 Å². The minimum absolute atomic E-state index is 0.328. The van der Waals surface area contributed by atoms with E-state index in [1.807, 2.05) is 45.4 Å². The summed E-state index contributed by atoms with van der Waals surface area (Å²) >= 11 is 0. The summed E-state index contributed by atoms with van der Waals surface area (Å²) in [4.78, 5) is 8.51. The Morgan fingerprint density at radius 1 is 1.05 bits per heavy atom. The van der Waals surface area contributed by atoms with Crippen molar-refractivity contribution in [1.29, 1.82) is 0 Å². The molecule has 0 spiro atoms. The molecule has 0 unspecified atom stereocenters. The van der Waals surface area contributed by atoms with Gasteiger partial charge in [0.25, 0.3) is 0 Å². The molecule has 3 aromatic rings. The number of hydrogen-bond acceptors (Lipinski definition) is 2. The van der Waals surface area contributed by atoms with Gasteiger partial charge in [-0.25, -0.2) is 9.37 Å². The maximum atomic E-state index is 14.0. The first-order valence-corrected chi connectivity index (χ1v) is 6.13. The predicted octanol–water partition coefficient (Wildman–Crippen LogP) is 3.46. The first-order chi connectivity index (χ1) is 9.04. The van der Waals surface area contributed by atoms with E-state index < -0.39 is 0 Å². The van der Waals surface area contributed by atoms with Crippen molar-refractivity contribution in [2.45, 2.75) is 20.8 Å². The van der Waals surface area contributed by atoms with Crippen molar-refractivity contribution >= 4 is 5.65 Å². The van der Waals surface area contributed by atoms with Crippen molar-refractivity contribution in [2.75, 3.05) is 0 Å². The molecule has 0 aromatic carbocycles. The molecular formula is C15H14FN3. The summed E-state index contributed by atoms with van der Waals surface area (Å²) in [5.41, 5.74) is 4.95. The van der Waals surface area contributed by atoms with Crippen molar-refractivity contribution < 1.29 is 4.39 Å². The van der Waals surface area contributed by atoms with Crippen LogP contribution in [0.3, 0.4) is 0 Å². The lowest BCUT2D eigenvalue weighted by Gasteiger charge is -2.06. The summed E-state index contributed by atoms with van der Waals surface area (Å²) in [6.07, 6.45) is 5.48. The second-order valence-corrected chi connectivity index (χ2v) is 4.84. The molecule has 0 saturated heterocycles. The minimum Gasteiger partial charge on any atom is -0.304 e. The lowest BCUT2D eigenvalue weighted by atomic mass is 10.1. The zero-order valence-corrected chi connectivity index (χ0v) is 11.1. The minimum atomic E-state index is -0.328. The summed E-state index contributed by atoms with van der Waals surface area (Å²) in [6, 6.07) is 3.46. The van der Waals surface area contributed by atoms with E-state index in [4.69, 9.17) is 0 Å². The van der Waals surface area contributed by atoms with Gasteiger partial charge in [0.2, 0.25) is 0 Å². The van der Waals surface area contributed by atoms with Gasteiger partial charge in [0.05, 0.1) is 11.4 Å². The molecule has 3 aromatic heterocycles. The van der Waals surface area contributed by atoms with Crippen molar-refractivity contribution in [3.8, 4) is 11.3 Å². The molecule has 3 nitrogen and oxygen atoms in total. The molecule has 96 valence electrons. The molecule has 0 amide bonds. The Hall–Kier alpha value is -2.23. The summed E-state index contributed by atoms with van der Waals surface area (Å²) in [5.74, 6) is -0.328. The number of nitrogens with zero attached hydrogens (tertiary/aromatic N) is 3. The van der Waals surface area contributed by atoms with Crippen LogP contribution in [0.4, 0.5) is 4.39 Å². The van der Waals surface area contributed by atoms with Gasteiger partial charge in [-0.1, -0.05) is 0 Å². The Labute approximate surface area is 110 Å². The lowest BCUT2D eigenvalue weighted by molar-refractivity contribution is 0.630. The number of aromatic nitrogens is 3. The topological polar surface area (TPSA) is 30.2 Å². The van der Waals surface area contributed by atoms with Gasteiger partial charge in [0.1, 0.15) is 0 Å². The highest BCUT2D eigenvalue weighted by molar-refractivity contribution is 5.62. The molecule has 0 aliphatic carbocycles. The van der Waals surface area contributed by atoms with Crippen LogP contribution < -0.4 is 0 Å². The Kier molecular flexibility index (Phi) is 2.59. The smallest absolute Gasteiger partial charge is 0.173 e. The quantitative estimate of drug-likeness (QED) is 0.666. The normalized spacial score (nSPS) is 11.2. The predicted molar refractivity (Wildman–Crippen MR) is 72.6 cm³/mol. The number of fused-ring (bicyclic) bond motifs is 1. The molecule has 0 aliphatic heterocycles. The van der Waals surface area contributed by atoms with Crippen LogP contribution in [0.25, 0.3) is 16.9 Å². The van der Waals surface area contributed by atoms with Gasteiger partial charge in [-0.2, -0.15) is 0 Å². The molecule has 0 radical (unpaired) electrons. The van der Waals surface area contributed by atoms with E-state index in [2.05, 4.69) is 9.97 Å². The molecule has 3 heterocycles. The molecule has 0 atom stereocenters. The number of aryl methyl sites for hydroxylation is 3. The molecule has 0 fully saturated rings. The van der Waals surface area contributed by atoms with Crippen molar-refractivity contribution in [3.63, 3.8) is 0 Å². The van der Waals surface area contributed by atoms with E-state index in [1.54, 1.807) is 4.40 Å². The molecular weight excluding hydrogens is 241 g/mol. The fourth-order valence-electron chi connectivity index (χ4n) is 2.10. The van der Waals surface area contributed by atoms with Crippen LogP contribution in [-0.4, -0.2) is 14.4 Å². The lowest BCUT2D eigenvalue weighted by Crippen LogP contribution is -1.93. The SMILES string of the molecule is Cc1cn2cc(-c3cc(C)c(C)cn3)cc(F)c2n1. The third-order valence-corrected chi connectivity index (χ3v) is 3.30. The van der Waals surface area contributed by atoms with Crippen LogP contribution >= 0.6 is 0 Å². The molecule has 0 aliphatic rings. The van der Waals surface area contributed by atoms with E-state index in [0.29, 0.717) is 5.65 Å². The van der Waals surface area contributed by atoms with Gasteiger partial charge in [-0.3, -0.25) is 4.98 Å². The third kappa shape index (κ3) is 1.99. The molecule has 0 saturated carbocycles. The first-order valence-electron chi connectivity index (χ1n) is 6.13. The second-order valence-electron chi connectivity index (χ2n) is 4.84. The van der Waals surface area contributed by atoms with Crippen LogP contribution in [0.15, 0.2) is 30.7 Å². The summed E-state index contributed by atoms with van der Waals surface area (Å²) in [7, 11) is 0. The van der Waals surface area contributed by atoms with E-state index in [-0.39, 0.29) is 5.82 Å². The van der Waals surface area contributed by atoms with E-state index in [0.717, 1.165) is 28.1 Å². The van der Waals surface area contributed by atoms with Gasteiger partial charge in [0, 0.05) is 24.2 Å². The zero-order chi connectivity index (χ0) is 13.6. The number of rotatable bonds is 1. The van der Waals surface area contributed by atoms with E-state index in [1.165, 1.54) is 6.07 Å².